The van der Waals surface area contributed by atoms with Gasteiger partial charge in [0.15, 0.2) is 0 Å². The molecule has 0 aliphatic rings. The monoisotopic (exact) mass is 396 g/mol. The first-order valence-corrected chi connectivity index (χ1v) is 8.99. The minimum absolute atomic E-state index is 0.104. The first kappa shape index (κ1) is 21.8. The number of benzene rings is 2. The van der Waals surface area contributed by atoms with Crippen LogP contribution in [0.1, 0.15) is 23.0 Å². The fourth-order valence-electron chi connectivity index (χ4n) is 2.50. The zero-order valence-electron chi connectivity index (χ0n) is 16.4. The molecule has 1 amide bonds. The molecule has 3 rings (SSSR count). The molecule has 0 aliphatic heterocycles. The summed E-state index contributed by atoms with van der Waals surface area (Å²) < 4.78 is 5.47. The van der Waals surface area contributed by atoms with Crippen molar-refractivity contribution in [2.45, 2.75) is 13.5 Å². The Morgan fingerprint density at radius 3 is 2.52 bits per heavy atom. The predicted octanol–water partition coefficient (Wildman–Crippen LogP) is 2.33. The lowest BCUT2D eigenvalue weighted by Gasteiger charge is -2.17. The minimum atomic E-state index is -0.833. The van der Waals surface area contributed by atoms with E-state index in [-0.39, 0.29) is 5.91 Å². The summed E-state index contributed by atoms with van der Waals surface area (Å²) in [6.45, 7) is 2.31. The van der Waals surface area contributed by atoms with Gasteiger partial charge in [0.2, 0.25) is 0 Å². The third kappa shape index (κ3) is 6.86. The van der Waals surface area contributed by atoms with Crippen LogP contribution in [0, 0.1) is 0 Å². The number of aromatic nitrogens is 2. The number of carboxylic acids is 1. The van der Waals surface area contributed by atoms with Crippen LogP contribution >= 0.6 is 0 Å². The highest BCUT2D eigenvalue weighted by atomic mass is 16.5. The first-order chi connectivity index (χ1) is 13.9. The van der Waals surface area contributed by atoms with E-state index in [2.05, 4.69) is 9.97 Å². The minimum Gasteiger partial charge on any atom is -0.492 e. The van der Waals surface area contributed by atoms with Crippen molar-refractivity contribution in [3.8, 4) is 5.75 Å². The molecule has 0 bridgehead atoms. The molecule has 8 nitrogen and oxygen atoms in total. The topological polar surface area (TPSA) is 119 Å². The molecular formula is C21H24N4O4. The van der Waals surface area contributed by atoms with Crippen LogP contribution in [0.2, 0.25) is 0 Å². The van der Waals surface area contributed by atoms with Crippen molar-refractivity contribution >= 4 is 22.9 Å². The summed E-state index contributed by atoms with van der Waals surface area (Å²) in [6, 6.07) is 14.7. The van der Waals surface area contributed by atoms with Gasteiger partial charge in [-0.1, -0.05) is 18.2 Å². The van der Waals surface area contributed by atoms with Crippen molar-refractivity contribution in [2.75, 3.05) is 20.2 Å². The Balaban J connectivity index is 0.000000687. The van der Waals surface area contributed by atoms with Crippen molar-refractivity contribution in [3.05, 3.63) is 66.0 Å². The number of carbonyl (C=O) groups excluding carboxylic acids is 1. The maximum Gasteiger partial charge on any atom is 0.300 e. The molecule has 2 aromatic carbocycles. The number of aliphatic carboxylic acids is 1. The van der Waals surface area contributed by atoms with Crippen LogP contribution in [0.15, 0.2) is 54.7 Å². The molecule has 3 N–H and O–H groups in total. The lowest BCUT2D eigenvalue weighted by molar-refractivity contribution is -0.134. The smallest absolute Gasteiger partial charge is 0.300 e. The van der Waals surface area contributed by atoms with Gasteiger partial charge in [0.25, 0.3) is 11.9 Å². The van der Waals surface area contributed by atoms with Crippen molar-refractivity contribution < 1.29 is 19.4 Å². The van der Waals surface area contributed by atoms with Crippen molar-refractivity contribution in [3.63, 3.8) is 0 Å². The lowest BCUT2D eigenvalue weighted by atomic mass is 10.2. The fraction of sp³-hybridized carbons (Fsp3) is 0.238. The highest BCUT2D eigenvalue weighted by Gasteiger charge is 2.14. The van der Waals surface area contributed by atoms with E-state index in [1.165, 1.54) is 0 Å². The van der Waals surface area contributed by atoms with Crippen LogP contribution in [0.3, 0.4) is 0 Å². The number of hydrogen-bond acceptors (Lipinski definition) is 6. The predicted molar refractivity (Wildman–Crippen MR) is 110 cm³/mol. The summed E-state index contributed by atoms with van der Waals surface area (Å²) in [5.74, 6) is -0.302. The Morgan fingerprint density at radius 1 is 1.14 bits per heavy atom. The Hall–Kier alpha value is -3.52. The summed E-state index contributed by atoms with van der Waals surface area (Å²) in [7, 11) is 1.74. The van der Waals surface area contributed by atoms with E-state index >= 15 is 0 Å². The quantitative estimate of drug-likeness (QED) is 0.656. The van der Waals surface area contributed by atoms with Gasteiger partial charge in [-0.15, -0.1) is 0 Å². The van der Waals surface area contributed by atoms with Crippen LogP contribution in [0.4, 0.5) is 0 Å². The third-order valence-electron chi connectivity index (χ3n) is 3.71. The van der Waals surface area contributed by atoms with E-state index in [1.54, 1.807) is 42.4 Å². The number of hydrogen-bond donors (Lipinski definition) is 2. The average Bonchev–Trinajstić information content (AvgIpc) is 2.71. The van der Waals surface area contributed by atoms with Crippen LogP contribution < -0.4 is 10.5 Å². The van der Waals surface area contributed by atoms with E-state index in [0.29, 0.717) is 31.0 Å². The number of carbonyl (C=O) groups is 2. The molecule has 3 aromatic rings. The van der Waals surface area contributed by atoms with Gasteiger partial charge in [0.05, 0.1) is 29.5 Å². The van der Waals surface area contributed by atoms with Crippen LogP contribution in [0.25, 0.3) is 11.0 Å². The van der Waals surface area contributed by atoms with E-state index in [1.807, 2.05) is 24.3 Å². The standard InChI is InChI=1S/C19H20N4O2.C2H4O2/c1-23(13-15-12-21-17-7-2-3-8-18(17)22-15)19(24)14-5-4-6-16(11-14)25-10-9-20;1-2(3)4/h2-8,11-12H,9-10,13,20H2,1H3;1H3,(H,3,4). The largest absolute Gasteiger partial charge is 0.492 e. The van der Waals surface area contributed by atoms with Crippen molar-refractivity contribution in [1.82, 2.24) is 14.9 Å². The van der Waals surface area contributed by atoms with Crippen LogP contribution in [-0.4, -0.2) is 52.1 Å². The van der Waals surface area contributed by atoms with Gasteiger partial charge in [-0.05, 0) is 30.3 Å². The highest BCUT2D eigenvalue weighted by molar-refractivity contribution is 5.94. The zero-order valence-corrected chi connectivity index (χ0v) is 16.4. The molecule has 0 aliphatic carbocycles. The van der Waals surface area contributed by atoms with Crippen LogP contribution in [-0.2, 0) is 11.3 Å². The van der Waals surface area contributed by atoms with Gasteiger partial charge in [-0.2, -0.15) is 0 Å². The first-order valence-electron chi connectivity index (χ1n) is 8.99. The number of rotatable bonds is 6. The number of para-hydroxylation sites is 2. The Bertz CT molecular complexity index is 974. The molecule has 0 saturated carbocycles. The van der Waals surface area contributed by atoms with Crippen molar-refractivity contribution in [1.29, 1.82) is 0 Å². The average molecular weight is 396 g/mol. The number of amides is 1. The Morgan fingerprint density at radius 2 is 1.83 bits per heavy atom. The number of ether oxygens (including phenoxy) is 1. The lowest BCUT2D eigenvalue weighted by Crippen LogP contribution is -2.26. The second-order valence-electron chi connectivity index (χ2n) is 6.20. The van der Waals surface area contributed by atoms with Crippen LogP contribution in [0.5, 0.6) is 5.75 Å². The molecule has 0 spiro atoms. The molecule has 8 heteroatoms. The second-order valence-corrected chi connectivity index (χ2v) is 6.20. The normalized spacial score (nSPS) is 10.0. The molecule has 29 heavy (non-hydrogen) atoms. The molecule has 0 saturated heterocycles. The number of nitrogens with zero attached hydrogens (tertiary/aromatic N) is 3. The third-order valence-corrected chi connectivity index (χ3v) is 3.71. The summed E-state index contributed by atoms with van der Waals surface area (Å²) >= 11 is 0. The summed E-state index contributed by atoms with van der Waals surface area (Å²) in [5, 5.41) is 7.42. The van der Waals surface area contributed by atoms with Gasteiger partial charge >= 0.3 is 0 Å². The van der Waals surface area contributed by atoms with E-state index in [4.69, 9.17) is 20.4 Å². The SMILES string of the molecule is CC(=O)O.CN(Cc1cnc2ccccc2n1)C(=O)c1cccc(OCCN)c1. The highest BCUT2D eigenvalue weighted by Crippen LogP contribution is 2.16. The number of nitrogens with two attached hydrogens (primary N) is 1. The van der Waals surface area contributed by atoms with Gasteiger partial charge < -0.3 is 20.5 Å². The van der Waals surface area contributed by atoms with Gasteiger partial charge in [0, 0.05) is 26.1 Å². The molecular weight excluding hydrogens is 372 g/mol. The molecule has 0 atom stereocenters. The summed E-state index contributed by atoms with van der Waals surface area (Å²) in [5.41, 5.74) is 8.39. The van der Waals surface area contributed by atoms with Crippen molar-refractivity contribution in [2.24, 2.45) is 5.73 Å². The van der Waals surface area contributed by atoms with Gasteiger partial charge in [-0.3, -0.25) is 14.6 Å². The molecule has 0 unspecified atom stereocenters. The van der Waals surface area contributed by atoms with E-state index in [0.717, 1.165) is 23.7 Å². The molecule has 0 fully saturated rings. The van der Waals surface area contributed by atoms with E-state index in [9.17, 15) is 4.79 Å². The summed E-state index contributed by atoms with van der Waals surface area (Å²) in [4.78, 5) is 32.2. The molecule has 0 radical (unpaired) electrons. The van der Waals surface area contributed by atoms with E-state index < -0.39 is 5.97 Å². The zero-order chi connectivity index (χ0) is 21.2. The second kappa shape index (κ2) is 10.7. The number of carboxylic acid groups (broad SMARTS) is 1. The number of fused-ring (bicyclic) bond motifs is 1. The maximum atomic E-state index is 12.6. The Labute approximate surface area is 169 Å². The molecule has 1 aromatic heterocycles. The van der Waals surface area contributed by atoms with Gasteiger partial charge in [-0.25, -0.2) is 4.98 Å². The Kier molecular flexibility index (Phi) is 8.05. The molecule has 1 heterocycles. The van der Waals surface area contributed by atoms with Gasteiger partial charge in [0.1, 0.15) is 12.4 Å². The maximum absolute atomic E-state index is 12.6. The fourth-order valence-corrected chi connectivity index (χ4v) is 2.50. The molecule has 152 valence electrons. The summed E-state index contributed by atoms with van der Waals surface area (Å²) in [6.07, 6.45) is 1.70.